The molecule has 0 aliphatic rings. The maximum absolute atomic E-state index is 14.4. The first-order chi connectivity index (χ1) is 15.5. The lowest BCUT2D eigenvalue weighted by Crippen LogP contribution is -2.11. The molecule has 0 saturated heterocycles. The number of aromatic amines is 1. The lowest BCUT2D eigenvalue weighted by molar-refractivity contribution is -0.134. The van der Waals surface area contributed by atoms with E-state index in [0.29, 0.717) is 29.0 Å². The van der Waals surface area contributed by atoms with Crippen LogP contribution in [0.4, 0.5) is 10.2 Å². The van der Waals surface area contributed by atoms with Gasteiger partial charge in [0.25, 0.3) is 11.8 Å². The van der Waals surface area contributed by atoms with Gasteiger partial charge in [-0.15, -0.1) is 22.6 Å². The molecule has 0 radical (unpaired) electrons. The van der Waals surface area contributed by atoms with Gasteiger partial charge in [-0.25, -0.2) is 19.3 Å². The van der Waals surface area contributed by atoms with E-state index in [9.17, 15) is 9.18 Å². The summed E-state index contributed by atoms with van der Waals surface area (Å²) in [5.74, 6) is -0.781. The highest BCUT2D eigenvalue weighted by molar-refractivity contribution is 5.85. The van der Waals surface area contributed by atoms with Crippen molar-refractivity contribution in [1.82, 2.24) is 35.6 Å². The predicted molar refractivity (Wildman–Crippen MR) is 117 cm³/mol. The van der Waals surface area contributed by atoms with Crippen LogP contribution in [-0.2, 0) is 4.79 Å². The Morgan fingerprint density at radius 2 is 1.91 bits per heavy atom. The number of halogens is 2. The second kappa shape index (κ2) is 10.4. The number of carbonyl (C=O) groups is 1. The first-order valence-electron chi connectivity index (χ1n) is 9.54. The van der Waals surface area contributed by atoms with Crippen LogP contribution >= 0.6 is 12.4 Å². The molecule has 0 amide bonds. The number of nitrogens with two attached hydrogens (primary N) is 1. The van der Waals surface area contributed by atoms with Crippen LogP contribution < -0.4 is 15.2 Å². The van der Waals surface area contributed by atoms with E-state index in [-0.39, 0.29) is 42.2 Å². The van der Waals surface area contributed by atoms with Crippen LogP contribution in [-0.4, -0.2) is 41.5 Å². The molecular weight excluding hydrogens is 455 g/mol. The fourth-order valence-corrected chi connectivity index (χ4v) is 2.67. The van der Waals surface area contributed by atoms with Crippen molar-refractivity contribution in [3.63, 3.8) is 0 Å². The van der Waals surface area contributed by atoms with Gasteiger partial charge in [0.05, 0.1) is 11.9 Å². The Hall–Kier alpha value is -4.19. The monoisotopic (exact) mass is 472 g/mol. The number of nitrogen functional groups attached to an aromatic ring is 1. The number of tetrazole rings is 1. The summed E-state index contributed by atoms with van der Waals surface area (Å²) in [7, 11) is 0. The molecule has 0 atom stereocenters. The van der Waals surface area contributed by atoms with E-state index in [1.54, 1.807) is 24.3 Å². The van der Waals surface area contributed by atoms with Crippen molar-refractivity contribution in [2.75, 3.05) is 5.73 Å². The summed E-state index contributed by atoms with van der Waals surface area (Å²) in [5.41, 5.74) is 7.22. The van der Waals surface area contributed by atoms with Gasteiger partial charge in [0.1, 0.15) is 5.75 Å². The molecule has 0 aliphatic heterocycles. The molecule has 4 aromatic rings. The summed E-state index contributed by atoms with van der Waals surface area (Å²) in [6, 6.07) is 7.82. The molecule has 1 aromatic carbocycles. The van der Waals surface area contributed by atoms with Crippen molar-refractivity contribution in [2.24, 2.45) is 0 Å². The number of rotatable bonds is 7. The van der Waals surface area contributed by atoms with Gasteiger partial charge in [0.15, 0.2) is 11.6 Å². The molecule has 0 saturated carbocycles. The number of carbonyl (C=O) groups excluding carboxylic acids is 1. The van der Waals surface area contributed by atoms with Crippen LogP contribution in [0.2, 0.25) is 0 Å². The third-order valence-electron chi connectivity index (χ3n) is 4.21. The quantitative estimate of drug-likeness (QED) is 0.382. The van der Waals surface area contributed by atoms with Crippen molar-refractivity contribution < 1.29 is 18.7 Å². The van der Waals surface area contributed by atoms with Crippen molar-refractivity contribution in [3.05, 3.63) is 48.5 Å². The molecule has 3 N–H and O–H groups in total. The van der Waals surface area contributed by atoms with Gasteiger partial charge < -0.3 is 15.2 Å². The van der Waals surface area contributed by atoms with Gasteiger partial charge >= 0.3 is 5.97 Å². The Labute approximate surface area is 193 Å². The second-order valence-electron chi connectivity index (χ2n) is 6.54. The molecule has 0 aliphatic carbocycles. The number of hydrogen-bond acceptors (Lipinski definition) is 10. The molecule has 3 aromatic heterocycles. The summed E-state index contributed by atoms with van der Waals surface area (Å²) >= 11 is 0. The maximum Gasteiger partial charge on any atom is 0.312 e. The van der Waals surface area contributed by atoms with Gasteiger partial charge in [0, 0.05) is 23.7 Å². The third kappa shape index (κ3) is 5.54. The van der Waals surface area contributed by atoms with E-state index in [0.717, 1.165) is 0 Å². The smallest absolute Gasteiger partial charge is 0.312 e. The van der Waals surface area contributed by atoms with Gasteiger partial charge in [-0.1, -0.05) is 6.92 Å². The third-order valence-corrected chi connectivity index (χ3v) is 4.21. The minimum Gasteiger partial charge on any atom is -0.436 e. The van der Waals surface area contributed by atoms with E-state index >= 15 is 0 Å². The highest BCUT2D eigenvalue weighted by Gasteiger charge is 2.14. The maximum atomic E-state index is 14.4. The molecule has 3 heterocycles. The topological polar surface area (TPSA) is 155 Å². The first kappa shape index (κ1) is 23.5. The molecule has 170 valence electrons. The summed E-state index contributed by atoms with van der Waals surface area (Å²) in [6.45, 7) is 1.86. The first-order valence-corrected chi connectivity index (χ1v) is 9.54. The normalized spacial score (nSPS) is 10.4. The molecule has 0 bridgehead atoms. The van der Waals surface area contributed by atoms with Crippen LogP contribution in [0.15, 0.2) is 42.7 Å². The zero-order valence-corrected chi connectivity index (χ0v) is 18.0. The number of hydrogen-bond donors (Lipinski definition) is 2. The molecule has 13 heteroatoms. The van der Waals surface area contributed by atoms with E-state index in [4.69, 9.17) is 15.2 Å². The summed E-state index contributed by atoms with van der Waals surface area (Å²) < 4.78 is 25.1. The molecule has 0 spiro atoms. The van der Waals surface area contributed by atoms with Crippen LogP contribution in [0, 0.1) is 5.82 Å². The van der Waals surface area contributed by atoms with Crippen LogP contribution in [0.5, 0.6) is 17.5 Å². The number of nitrogens with zero attached hydrogens (tertiary/aromatic N) is 6. The van der Waals surface area contributed by atoms with Crippen LogP contribution in [0.3, 0.4) is 0 Å². The molecule has 0 fully saturated rings. The van der Waals surface area contributed by atoms with E-state index < -0.39 is 11.8 Å². The fourth-order valence-electron chi connectivity index (χ4n) is 2.67. The lowest BCUT2D eigenvalue weighted by atomic mass is 10.1. The van der Waals surface area contributed by atoms with E-state index in [1.807, 2.05) is 6.92 Å². The van der Waals surface area contributed by atoms with Gasteiger partial charge in [-0.2, -0.15) is 5.21 Å². The summed E-state index contributed by atoms with van der Waals surface area (Å²) in [5, 5.41) is 13.3. The highest BCUT2D eigenvalue weighted by atomic mass is 35.5. The number of aromatic nitrogens is 7. The average molecular weight is 473 g/mol. The fraction of sp³-hybridized carbons (Fsp3) is 0.150. The zero-order valence-electron chi connectivity index (χ0n) is 17.2. The Morgan fingerprint density at radius 1 is 1.12 bits per heavy atom. The molecule has 11 nitrogen and oxygen atoms in total. The summed E-state index contributed by atoms with van der Waals surface area (Å²) in [4.78, 5) is 24.0. The highest BCUT2D eigenvalue weighted by Crippen LogP contribution is 2.28. The molecule has 4 rings (SSSR count). The second-order valence-corrected chi connectivity index (χ2v) is 6.54. The molecule has 0 unspecified atom stereocenters. The van der Waals surface area contributed by atoms with Gasteiger partial charge in [0.2, 0.25) is 5.82 Å². The van der Waals surface area contributed by atoms with Crippen molar-refractivity contribution in [1.29, 1.82) is 0 Å². The Morgan fingerprint density at radius 3 is 2.58 bits per heavy atom. The number of esters is 1. The summed E-state index contributed by atoms with van der Waals surface area (Å²) in [6.07, 6.45) is 3.73. The zero-order chi connectivity index (χ0) is 22.5. The Kier molecular flexibility index (Phi) is 7.41. The Bertz CT molecular complexity index is 1240. The number of anilines is 1. The number of ether oxygens (including phenoxy) is 2. The number of benzene rings is 1. The van der Waals surface area contributed by atoms with Crippen LogP contribution in [0.25, 0.3) is 22.6 Å². The minimum absolute atomic E-state index is 0. The van der Waals surface area contributed by atoms with Crippen LogP contribution in [0.1, 0.15) is 19.8 Å². The van der Waals surface area contributed by atoms with E-state index in [2.05, 4.69) is 35.6 Å². The minimum atomic E-state index is -0.681. The Balaban J connectivity index is 0.00000306. The van der Waals surface area contributed by atoms with E-state index in [1.165, 1.54) is 18.5 Å². The average Bonchev–Trinajstić information content (AvgIpc) is 3.32. The SMILES string of the molecule is CCCC(=O)Oc1nc(-c2ccc(Oc3ncc(-c4nn[nH]n4)cc3F)cc2)cnc1N.Cl. The number of pyridine rings is 1. The number of H-pyrrole nitrogens is 1. The largest absolute Gasteiger partial charge is 0.436 e. The van der Waals surface area contributed by atoms with Crippen molar-refractivity contribution in [3.8, 4) is 40.2 Å². The van der Waals surface area contributed by atoms with Crippen molar-refractivity contribution >= 4 is 24.2 Å². The van der Waals surface area contributed by atoms with Gasteiger partial charge in [-0.05, 0) is 42.0 Å². The molecule has 33 heavy (non-hydrogen) atoms. The van der Waals surface area contributed by atoms with Crippen molar-refractivity contribution in [2.45, 2.75) is 19.8 Å². The van der Waals surface area contributed by atoms with Gasteiger partial charge in [-0.3, -0.25) is 4.79 Å². The predicted octanol–water partition coefficient (Wildman–Crippen LogP) is 3.36. The number of nitrogens with one attached hydrogen (secondary N) is 1. The standard InChI is InChI=1S/C20H17FN8O3.ClH/c1-2-3-16(30)32-20-17(22)23-10-15(25-20)11-4-6-13(7-5-11)31-19-14(21)8-12(9-24-19)18-26-28-29-27-18;/h4-10H,2-3H2,1H3,(H2,22,23)(H,26,27,28,29);1H. The lowest BCUT2D eigenvalue weighted by Gasteiger charge is -2.09. The molecular formula is C20H18ClFN8O3.